The number of guanidine groups is 2. The highest BCUT2D eigenvalue weighted by atomic mass is 16.4. The average Bonchev–Trinajstić information content (AvgIpc) is 3.82. The summed E-state index contributed by atoms with van der Waals surface area (Å²) in [6.45, 7) is 4.74. The molecule has 7 atom stereocenters. The number of carbonyl (C=O) groups excluding carboxylic acids is 7. The molecule has 0 unspecified atom stereocenters. The van der Waals surface area contributed by atoms with Crippen LogP contribution in [0.25, 0.3) is 0 Å². The Balaban J connectivity index is 2.41. The second-order valence-corrected chi connectivity index (χ2v) is 17.0. The van der Waals surface area contributed by atoms with Gasteiger partial charge in [-0.15, -0.1) is 0 Å². The van der Waals surface area contributed by atoms with E-state index in [0.29, 0.717) is 30.6 Å². The highest BCUT2D eigenvalue weighted by Gasteiger charge is 2.33. The van der Waals surface area contributed by atoms with Crippen molar-refractivity contribution in [2.24, 2.45) is 50.3 Å². The molecule has 70 heavy (non-hydrogen) atoms. The number of aliphatic imine (C=N–C) groups is 2. The molecule has 26 heteroatoms. The van der Waals surface area contributed by atoms with Gasteiger partial charge in [-0.05, 0) is 76.3 Å². The largest absolute Gasteiger partial charge is 0.480 e. The number of H-pyrrole nitrogens is 1. The Labute approximate surface area is 406 Å². The van der Waals surface area contributed by atoms with Crippen molar-refractivity contribution >= 4 is 59.2 Å². The molecule has 1 aromatic carbocycles. The summed E-state index contributed by atoms with van der Waals surface area (Å²) in [5, 5.41) is 27.4. The van der Waals surface area contributed by atoms with Crippen LogP contribution in [-0.4, -0.2) is 143 Å². The topological polar surface area (TPSA) is 451 Å². The lowest BCUT2D eigenvalue weighted by molar-refractivity contribution is -0.138. The predicted molar refractivity (Wildman–Crippen MR) is 260 cm³/mol. The Morgan fingerprint density at radius 3 is 1.61 bits per heavy atom. The van der Waals surface area contributed by atoms with Crippen molar-refractivity contribution in [1.29, 1.82) is 0 Å². The van der Waals surface area contributed by atoms with E-state index >= 15 is 0 Å². The lowest BCUT2D eigenvalue weighted by Gasteiger charge is -2.28. The molecular weight excluding hydrogens is 911 g/mol. The number of imidazole rings is 1. The summed E-state index contributed by atoms with van der Waals surface area (Å²) in [6.07, 6.45) is 4.38. The highest BCUT2D eigenvalue weighted by molar-refractivity contribution is 5.97. The number of nitrogens with two attached hydrogens (primary N) is 6. The third-order valence-electron chi connectivity index (χ3n) is 10.5. The van der Waals surface area contributed by atoms with Gasteiger partial charge < -0.3 is 81.7 Å². The van der Waals surface area contributed by atoms with Crippen molar-refractivity contribution in [1.82, 2.24) is 47.2 Å². The number of aromatic nitrogens is 2. The summed E-state index contributed by atoms with van der Waals surface area (Å²) in [7, 11) is 0. The Morgan fingerprint density at radius 2 is 1.13 bits per heavy atom. The smallest absolute Gasteiger partial charge is 0.322 e. The van der Waals surface area contributed by atoms with Gasteiger partial charge >= 0.3 is 5.97 Å². The first-order valence-corrected chi connectivity index (χ1v) is 23.1. The monoisotopic (exact) mass is 984 g/mol. The lowest BCUT2D eigenvalue weighted by atomic mass is 10.00. The number of hydrogen-bond donors (Lipinski definition) is 15. The Hall–Kier alpha value is -7.35. The SMILES string of the molecule is CC(C)C[C@H](NC(=O)[C@H](CCCN=C(N)N)NC(=O)[C@H](CCCN=C(N)N)NC(=O)[C@H](CCCCN)NC(=O)[C@H](C)NC(=O)[C@@H](N)Cc1cnc[nH]1)C(=O)N[C@@H](Cc1ccccc1)C(=O)NCC(=O)O. The predicted octanol–water partition coefficient (Wildman–Crippen LogP) is -4.07. The van der Waals surface area contributed by atoms with Crippen molar-refractivity contribution in [2.75, 3.05) is 26.2 Å². The van der Waals surface area contributed by atoms with Gasteiger partial charge in [0.25, 0.3) is 0 Å². The van der Waals surface area contributed by atoms with E-state index in [1.54, 1.807) is 44.2 Å². The molecule has 7 amide bonds. The molecule has 26 nitrogen and oxygen atoms in total. The van der Waals surface area contributed by atoms with Crippen molar-refractivity contribution < 1.29 is 43.5 Å². The molecule has 2 rings (SSSR count). The summed E-state index contributed by atoms with van der Waals surface area (Å²) in [5.41, 5.74) is 35.1. The molecule has 0 aliphatic heterocycles. The van der Waals surface area contributed by atoms with Crippen LogP contribution in [0.3, 0.4) is 0 Å². The number of hydrogen-bond acceptors (Lipinski definition) is 13. The highest BCUT2D eigenvalue weighted by Crippen LogP contribution is 2.11. The van der Waals surface area contributed by atoms with Gasteiger partial charge in [-0.2, -0.15) is 0 Å². The van der Waals surface area contributed by atoms with Gasteiger partial charge in [0.15, 0.2) is 11.9 Å². The number of carboxylic acid groups (broad SMARTS) is 1. The summed E-state index contributed by atoms with van der Waals surface area (Å²) < 4.78 is 0. The Bertz CT molecular complexity index is 2050. The van der Waals surface area contributed by atoms with E-state index in [1.807, 2.05) is 0 Å². The van der Waals surface area contributed by atoms with Crippen LogP contribution in [0.15, 0.2) is 52.8 Å². The lowest BCUT2D eigenvalue weighted by Crippen LogP contribution is -2.60. The number of rotatable bonds is 33. The maximum Gasteiger partial charge on any atom is 0.322 e. The fraction of sp³-hybridized carbons (Fsp3) is 0.568. The first-order valence-electron chi connectivity index (χ1n) is 23.1. The van der Waals surface area contributed by atoms with E-state index in [-0.39, 0.29) is 82.3 Å². The summed E-state index contributed by atoms with van der Waals surface area (Å²) >= 11 is 0. The molecule has 1 heterocycles. The molecule has 0 saturated carbocycles. The van der Waals surface area contributed by atoms with Crippen LogP contribution >= 0.6 is 0 Å². The number of carboxylic acids is 1. The molecule has 388 valence electrons. The minimum Gasteiger partial charge on any atom is -0.480 e. The number of aromatic amines is 1. The van der Waals surface area contributed by atoms with Crippen molar-refractivity contribution in [2.45, 2.75) is 127 Å². The molecule has 0 bridgehead atoms. The minimum absolute atomic E-state index is 0.00467. The van der Waals surface area contributed by atoms with Crippen molar-refractivity contribution in [3.8, 4) is 0 Å². The number of nitrogens with zero attached hydrogens (tertiary/aromatic N) is 3. The maximum absolute atomic E-state index is 14.3. The van der Waals surface area contributed by atoms with E-state index in [0.717, 1.165) is 0 Å². The van der Waals surface area contributed by atoms with Crippen LogP contribution in [0.1, 0.15) is 83.4 Å². The van der Waals surface area contributed by atoms with E-state index in [9.17, 15) is 43.5 Å². The van der Waals surface area contributed by atoms with Gasteiger partial charge in [0.2, 0.25) is 41.4 Å². The molecular formula is C44H73N17O9. The van der Waals surface area contributed by atoms with Crippen LogP contribution in [0.5, 0.6) is 0 Å². The minimum atomic E-state index is -1.34. The third-order valence-corrected chi connectivity index (χ3v) is 10.5. The maximum atomic E-state index is 14.3. The summed E-state index contributed by atoms with van der Waals surface area (Å²) in [5.74, 6) is -7.12. The second-order valence-electron chi connectivity index (χ2n) is 17.0. The van der Waals surface area contributed by atoms with Gasteiger partial charge in [-0.1, -0.05) is 44.2 Å². The Morgan fingerprint density at radius 1 is 0.629 bits per heavy atom. The van der Waals surface area contributed by atoms with Gasteiger partial charge in [-0.3, -0.25) is 48.3 Å². The molecule has 0 fully saturated rings. The third kappa shape index (κ3) is 23.6. The van der Waals surface area contributed by atoms with Gasteiger partial charge in [0.1, 0.15) is 42.8 Å². The molecule has 2 aromatic rings. The van der Waals surface area contributed by atoms with Crippen LogP contribution in [0.4, 0.5) is 0 Å². The molecule has 21 N–H and O–H groups in total. The zero-order chi connectivity index (χ0) is 52.2. The number of carbonyl (C=O) groups is 8. The zero-order valence-corrected chi connectivity index (χ0v) is 40.1. The first kappa shape index (κ1) is 58.8. The van der Waals surface area contributed by atoms with E-state index in [4.69, 9.17) is 34.4 Å². The molecule has 0 radical (unpaired) electrons. The number of unbranched alkanes of at least 4 members (excludes halogenated alkanes) is 1. The normalized spacial score (nSPS) is 13.9. The number of amides is 7. The van der Waals surface area contributed by atoms with Crippen molar-refractivity contribution in [3.05, 3.63) is 54.1 Å². The van der Waals surface area contributed by atoms with Crippen LogP contribution in [0, 0.1) is 5.92 Å². The number of benzene rings is 1. The first-order chi connectivity index (χ1) is 33.2. The van der Waals surface area contributed by atoms with Crippen molar-refractivity contribution in [3.63, 3.8) is 0 Å². The number of aliphatic carboxylic acids is 1. The summed E-state index contributed by atoms with van der Waals surface area (Å²) in [4.78, 5) is 122. The van der Waals surface area contributed by atoms with E-state index in [2.05, 4.69) is 57.2 Å². The van der Waals surface area contributed by atoms with Gasteiger partial charge in [0, 0.05) is 37.8 Å². The summed E-state index contributed by atoms with van der Waals surface area (Å²) in [6, 6.07) is 0.175. The van der Waals surface area contributed by atoms with E-state index < -0.39 is 96.2 Å². The fourth-order valence-corrected chi connectivity index (χ4v) is 6.85. The Kier molecular flexibility index (Phi) is 26.6. The van der Waals surface area contributed by atoms with Crippen LogP contribution in [0.2, 0.25) is 0 Å². The average molecular weight is 984 g/mol. The fourth-order valence-electron chi connectivity index (χ4n) is 6.85. The van der Waals surface area contributed by atoms with Crippen LogP contribution in [-0.2, 0) is 51.2 Å². The molecule has 1 aromatic heterocycles. The molecule has 0 spiro atoms. The molecule has 0 aliphatic rings. The molecule has 0 saturated heterocycles. The van der Waals surface area contributed by atoms with E-state index in [1.165, 1.54) is 19.4 Å². The standard InChI is InChI=1S/C44H73N17O9/c1-25(2)19-33(42(70)61-34(38(66)54-23-35(62)63)20-27-11-5-4-6-12-27)60-41(69)32(15-10-18-53-44(49)50)59-40(68)31(14-9-17-52-43(47)48)58-39(67)30(13-7-8-16-45)57-36(64)26(3)56-37(65)29(46)21-28-22-51-24-55-28/h4-6,11-12,22,24-26,29-34H,7-10,13-21,23,45-46H2,1-3H3,(H,51,55)(H,54,66)(H,56,65)(H,57,64)(H,58,67)(H,59,68)(H,60,69)(H,61,70)(H,62,63)(H4,47,48,52)(H4,49,50,53)/t26-,29-,30-,31-,32-,33-,34-/m0/s1. The van der Waals surface area contributed by atoms with Crippen LogP contribution < -0.4 is 71.6 Å². The van der Waals surface area contributed by atoms with Gasteiger partial charge in [-0.25, -0.2) is 4.98 Å². The van der Waals surface area contributed by atoms with Gasteiger partial charge in [0.05, 0.1) is 12.4 Å². The molecule has 0 aliphatic carbocycles. The quantitative estimate of drug-likeness (QED) is 0.0184. The second kappa shape index (κ2) is 31.6. The zero-order valence-electron chi connectivity index (χ0n) is 40.1. The number of nitrogens with one attached hydrogen (secondary N) is 8.